The minimum Gasteiger partial charge on any atom is -0.507 e. The fourth-order valence-electron chi connectivity index (χ4n) is 3.67. The van der Waals surface area contributed by atoms with E-state index >= 15 is 0 Å². The molecule has 0 radical (unpaired) electrons. The van der Waals surface area contributed by atoms with Crippen LogP contribution in [0.15, 0.2) is 30.3 Å². The summed E-state index contributed by atoms with van der Waals surface area (Å²) < 4.78 is 5.54. The lowest BCUT2D eigenvalue weighted by atomic mass is 9.95. The fraction of sp³-hybridized carbons (Fsp3) is 0.421. The van der Waals surface area contributed by atoms with Gasteiger partial charge in [0.15, 0.2) is 5.82 Å². The molecule has 1 atom stereocenters. The number of aromatic hydroxyl groups is 1. The van der Waals surface area contributed by atoms with Gasteiger partial charge in [-0.25, -0.2) is 14.8 Å². The Morgan fingerprint density at radius 2 is 2.08 bits per heavy atom. The number of nitrogens with zero attached hydrogens (tertiary/aromatic N) is 3. The zero-order valence-corrected chi connectivity index (χ0v) is 14.7. The predicted molar refractivity (Wildman–Crippen MR) is 97.1 cm³/mol. The van der Waals surface area contributed by atoms with Crippen molar-refractivity contribution < 1.29 is 14.6 Å². The third kappa shape index (κ3) is 3.16. The number of nitrogens with one attached hydrogen (secondary N) is 1. The van der Waals surface area contributed by atoms with Gasteiger partial charge in [-0.1, -0.05) is 12.1 Å². The van der Waals surface area contributed by atoms with Crippen molar-refractivity contribution in [1.29, 1.82) is 0 Å². The molecule has 1 spiro atoms. The number of para-hydroxylation sites is 1. The van der Waals surface area contributed by atoms with Crippen molar-refractivity contribution in [2.24, 2.45) is 0 Å². The number of ether oxygens (including phenoxy) is 1. The van der Waals surface area contributed by atoms with Crippen molar-refractivity contribution in [2.45, 2.75) is 31.8 Å². The van der Waals surface area contributed by atoms with Crippen LogP contribution in [0.5, 0.6) is 5.75 Å². The van der Waals surface area contributed by atoms with Crippen LogP contribution in [0.1, 0.15) is 25.0 Å². The summed E-state index contributed by atoms with van der Waals surface area (Å²) in [4.78, 5) is 22.9. The molecule has 1 aromatic heterocycles. The van der Waals surface area contributed by atoms with Crippen molar-refractivity contribution >= 4 is 11.9 Å². The average Bonchev–Trinajstić information content (AvgIpc) is 2.85. The van der Waals surface area contributed by atoms with Gasteiger partial charge in [-0.05, 0) is 31.9 Å². The first-order chi connectivity index (χ1) is 12.5. The Hall–Kier alpha value is -2.83. The number of phenols is 1. The van der Waals surface area contributed by atoms with E-state index in [4.69, 9.17) is 9.72 Å². The SMILES string of the molecule is Cc1cc(N2CCC[C@@]3(CC2)CNC(=O)O3)nc(-c2ccccc2O)n1. The van der Waals surface area contributed by atoms with E-state index in [9.17, 15) is 9.90 Å². The highest BCUT2D eigenvalue weighted by atomic mass is 16.6. The second kappa shape index (κ2) is 6.48. The number of carbonyl (C=O) groups is 1. The smallest absolute Gasteiger partial charge is 0.407 e. The lowest BCUT2D eigenvalue weighted by molar-refractivity contribution is 0.0473. The number of alkyl carbamates (subject to hydrolysis) is 1. The molecule has 2 N–H and O–H groups in total. The van der Waals surface area contributed by atoms with Crippen LogP contribution < -0.4 is 10.2 Å². The number of benzene rings is 1. The maximum absolute atomic E-state index is 11.5. The van der Waals surface area contributed by atoms with Crippen LogP contribution in [0.2, 0.25) is 0 Å². The van der Waals surface area contributed by atoms with Gasteiger partial charge in [0, 0.05) is 31.3 Å². The molecular formula is C19H22N4O3. The predicted octanol–water partition coefficient (Wildman–Crippen LogP) is 2.63. The van der Waals surface area contributed by atoms with Gasteiger partial charge in [0.1, 0.15) is 17.2 Å². The molecule has 2 aromatic rings. The van der Waals surface area contributed by atoms with E-state index in [1.807, 2.05) is 25.1 Å². The van der Waals surface area contributed by atoms with Gasteiger partial charge in [-0.15, -0.1) is 0 Å². The molecule has 0 bridgehead atoms. The molecule has 2 fully saturated rings. The number of hydrogen-bond donors (Lipinski definition) is 2. The Labute approximate surface area is 152 Å². The van der Waals surface area contributed by atoms with Crippen molar-refractivity contribution in [2.75, 3.05) is 24.5 Å². The molecule has 2 aliphatic rings. The maximum atomic E-state index is 11.5. The molecule has 1 amide bonds. The van der Waals surface area contributed by atoms with E-state index in [2.05, 4.69) is 15.2 Å². The molecule has 136 valence electrons. The van der Waals surface area contributed by atoms with Gasteiger partial charge in [0.25, 0.3) is 0 Å². The number of phenolic OH excluding ortho intramolecular Hbond substituents is 1. The zero-order chi connectivity index (χ0) is 18.1. The third-order valence-corrected chi connectivity index (χ3v) is 5.07. The Morgan fingerprint density at radius 1 is 1.23 bits per heavy atom. The molecule has 7 nitrogen and oxygen atoms in total. The average molecular weight is 354 g/mol. The number of amides is 1. The van der Waals surface area contributed by atoms with Crippen LogP contribution in [0, 0.1) is 6.92 Å². The summed E-state index contributed by atoms with van der Waals surface area (Å²) in [7, 11) is 0. The van der Waals surface area contributed by atoms with Gasteiger partial charge < -0.3 is 20.1 Å². The summed E-state index contributed by atoms with van der Waals surface area (Å²) in [6.07, 6.45) is 2.21. The molecule has 3 heterocycles. The number of anilines is 1. The highest BCUT2D eigenvalue weighted by Gasteiger charge is 2.41. The Kier molecular flexibility index (Phi) is 4.14. The molecule has 4 rings (SSSR count). The molecule has 1 aromatic carbocycles. The van der Waals surface area contributed by atoms with Crippen LogP contribution in [0.25, 0.3) is 11.4 Å². The van der Waals surface area contributed by atoms with E-state index in [1.165, 1.54) is 0 Å². The monoisotopic (exact) mass is 354 g/mol. The van der Waals surface area contributed by atoms with E-state index < -0.39 is 5.60 Å². The molecule has 0 unspecified atom stereocenters. The Morgan fingerprint density at radius 3 is 2.85 bits per heavy atom. The van der Waals surface area contributed by atoms with Crippen molar-refractivity contribution in [3.8, 4) is 17.1 Å². The van der Waals surface area contributed by atoms with E-state index in [0.717, 1.165) is 43.9 Å². The molecule has 26 heavy (non-hydrogen) atoms. The highest BCUT2D eigenvalue weighted by molar-refractivity contribution is 5.70. The lowest BCUT2D eigenvalue weighted by Gasteiger charge is -2.25. The fourth-order valence-corrected chi connectivity index (χ4v) is 3.67. The van der Waals surface area contributed by atoms with Crippen LogP contribution in [-0.2, 0) is 4.74 Å². The molecule has 7 heteroatoms. The largest absolute Gasteiger partial charge is 0.507 e. The second-order valence-electron chi connectivity index (χ2n) is 6.97. The van der Waals surface area contributed by atoms with E-state index in [1.54, 1.807) is 12.1 Å². The topological polar surface area (TPSA) is 87.6 Å². The van der Waals surface area contributed by atoms with Crippen LogP contribution in [0.4, 0.5) is 10.6 Å². The third-order valence-electron chi connectivity index (χ3n) is 5.07. The van der Waals surface area contributed by atoms with E-state index in [0.29, 0.717) is 17.9 Å². The first-order valence-electron chi connectivity index (χ1n) is 8.91. The van der Waals surface area contributed by atoms with Gasteiger partial charge in [-0.3, -0.25) is 0 Å². The summed E-state index contributed by atoms with van der Waals surface area (Å²) in [5.41, 5.74) is 1.08. The first kappa shape index (κ1) is 16.6. The summed E-state index contributed by atoms with van der Waals surface area (Å²) in [5, 5.41) is 12.9. The Bertz CT molecular complexity index is 841. The number of aryl methyl sites for hydroxylation is 1. The number of carbonyl (C=O) groups excluding carboxylic acids is 1. The standard InChI is InChI=1S/C19H22N4O3/c1-13-11-16(22-17(21-13)14-5-2-3-6-15(14)24)23-9-4-7-19(8-10-23)12-20-18(25)26-19/h2-3,5-6,11,24H,4,7-10,12H2,1H3,(H,20,25)/t19-/m1/s1. The lowest BCUT2D eigenvalue weighted by Crippen LogP contribution is -2.35. The zero-order valence-electron chi connectivity index (χ0n) is 14.7. The van der Waals surface area contributed by atoms with Crippen LogP contribution >= 0.6 is 0 Å². The highest BCUT2D eigenvalue weighted by Crippen LogP contribution is 2.32. The van der Waals surface area contributed by atoms with Gasteiger partial charge in [-0.2, -0.15) is 0 Å². The van der Waals surface area contributed by atoms with E-state index in [-0.39, 0.29) is 11.8 Å². The van der Waals surface area contributed by atoms with Crippen molar-refractivity contribution in [3.05, 3.63) is 36.0 Å². The minimum atomic E-state index is -0.394. The molecular weight excluding hydrogens is 332 g/mol. The minimum absolute atomic E-state index is 0.169. The molecule has 0 saturated carbocycles. The van der Waals surface area contributed by atoms with Crippen LogP contribution in [0.3, 0.4) is 0 Å². The summed E-state index contributed by atoms with van der Waals surface area (Å²) in [6, 6.07) is 9.05. The van der Waals surface area contributed by atoms with Crippen molar-refractivity contribution in [3.63, 3.8) is 0 Å². The molecule has 0 aliphatic carbocycles. The molecule has 2 aliphatic heterocycles. The van der Waals surface area contributed by atoms with Crippen LogP contribution in [-0.4, -0.2) is 46.4 Å². The summed E-state index contributed by atoms with van der Waals surface area (Å²) in [6.45, 7) is 4.10. The van der Waals surface area contributed by atoms with Gasteiger partial charge in [0.05, 0.1) is 12.1 Å². The van der Waals surface area contributed by atoms with Gasteiger partial charge >= 0.3 is 6.09 Å². The first-order valence-corrected chi connectivity index (χ1v) is 8.91. The Balaban J connectivity index is 1.60. The summed E-state index contributed by atoms with van der Waals surface area (Å²) >= 11 is 0. The quantitative estimate of drug-likeness (QED) is 0.862. The number of rotatable bonds is 2. The number of aromatic nitrogens is 2. The van der Waals surface area contributed by atoms with Crippen molar-refractivity contribution in [1.82, 2.24) is 15.3 Å². The second-order valence-corrected chi connectivity index (χ2v) is 6.97. The molecule has 2 saturated heterocycles. The van der Waals surface area contributed by atoms with Gasteiger partial charge in [0.2, 0.25) is 0 Å². The number of hydrogen-bond acceptors (Lipinski definition) is 6. The summed E-state index contributed by atoms with van der Waals surface area (Å²) in [5.74, 6) is 1.53. The maximum Gasteiger partial charge on any atom is 0.407 e. The normalized spacial score (nSPS) is 22.8.